The van der Waals surface area contributed by atoms with Crippen LogP contribution in [0.5, 0.6) is 0 Å². The van der Waals surface area contributed by atoms with E-state index in [1.807, 2.05) is 12.1 Å². The third-order valence-corrected chi connectivity index (χ3v) is 3.16. The lowest BCUT2D eigenvalue weighted by Crippen LogP contribution is -3.08. The lowest BCUT2D eigenvalue weighted by Gasteiger charge is -2.31. The highest BCUT2D eigenvalue weighted by atomic mass is 19.1. The van der Waals surface area contributed by atoms with Crippen molar-refractivity contribution in [2.75, 3.05) is 13.1 Å². The second-order valence-corrected chi connectivity index (χ2v) is 4.54. The molecule has 2 rings (SSSR count). The second-order valence-electron chi connectivity index (χ2n) is 4.54. The molecular weight excluding hydrogens is 189 g/mol. The van der Waals surface area contributed by atoms with Crippen LogP contribution < -0.4 is 4.90 Å². The number of benzene rings is 1. The fourth-order valence-corrected chi connectivity index (χ4v) is 2.38. The first-order chi connectivity index (χ1) is 7.24. The summed E-state index contributed by atoms with van der Waals surface area (Å²) in [6.45, 7) is 2.34. The third kappa shape index (κ3) is 3.03. The number of piperidine rings is 1. The predicted octanol–water partition coefficient (Wildman–Crippen LogP) is 1.45. The molecule has 0 saturated carbocycles. The zero-order valence-electron chi connectivity index (χ0n) is 9.01. The van der Waals surface area contributed by atoms with Crippen LogP contribution in [0.4, 0.5) is 4.39 Å². The Bertz CT molecular complexity index is 307. The Labute approximate surface area is 90.9 Å². The van der Waals surface area contributed by atoms with Gasteiger partial charge in [-0.2, -0.15) is 7.05 Å². The molecule has 1 heterocycles. The van der Waals surface area contributed by atoms with Crippen molar-refractivity contribution in [3.63, 3.8) is 0 Å². The highest BCUT2D eigenvalue weighted by Crippen LogP contribution is 2.15. The number of likely N-dealkylation sites (tertiary alicyclic amines) is 1. The van der Waals surface area contributed by atoms with Gasteiger partial charge in [-0.3, -0.25) is 0 Å². The Morgan fingerprint density at radius 2 is 2.07 bits per heavy atom. The molecule has 1 fully saturated rings. The van der Waals surface area contributed by atoms with Crippen molar-refractivity contribution in [1.82, 2.24) is 0 Å². The normalized spacial score (nSPS) is 26.5. The van der Waals surface area contributed by atoms with Gasteiger partial charge in [0.25, 0.3) is 0 Å². The van der Waals surface area contributed by atoms with E-state index in [4.69, 9.17) is 0 Å². The van der Waals surface area contributed by atoms with E-state index in [1.54, 1.807) is 12.1 Å². The van der Waals surface area contributed by atoms with Gasteiger partial charge in [0.2, 0.25) is 0 Å². The van der Waals surface area contributed by atoms with Gasteiger partial charge in [0.1, 0.15) is 5.82 Å². The smallest absolute Gasteiger partial charge is 0.123 e. The third-order valence-electron chi connectivity index (χ3n) is 3.16. The molecule has 0 amide bonds. The number of rotatable bonds is 2. The van der Waals surface area contributed by atoms with Crippen LogP contribution in [0.25, 0.3) is 0 Å². The van der Waals surface area contributed by atoms with Crippen molar-refractivity contribution in [3.8, 4) is 0 Å². The molecule has 15 heavy (non-hydrogen) atoms. The molecule has 2 atom stereocenters. The molecule has 1 aromatic rings. The van der Waals surface area contributed by atoms with Crippen LogP contribution in [0.2, 0.25) is 0 Å². The van der Waals surface area contributed by atoms with E-state index in [2.05, 4.69) is 7.05 Å². The summed E-state index contributed by atoms with van der Waals surface area (Å²) in [6, 6.07) is 6.89. The Morgan fingerprint density at radius 1 is 1.33 bits per heavy atom. The number of quaternary nitrogens is 1. The van der Waals surface area contributed by atoms with E-state index in [0.29, 0.717) is 0 Å². The van der Waals surface area contributed by atoms with E-state index in [0.717, 1.165) is 18.9 Å². The summed E-state index contributed by atoms with van der Waals surface area (Å²) in [4.78, 5) is 1.38. The maximum atomic E-state index is 12.7. The van der Waals surface area contributed by atoms with Gasteiger partial charge >= 0.3 is 0 Å². The van der Waals surface area contributed by atoms with E-state index in [-0.39, 0.29) is 5.82 Å². The average Bonchev–Trinajstić information content (AvgIpc) is 2.22. The maximum Gasteiger partial charge on any atom is 0.123 e. The van der Waals surface area contributed by atoms with Crippen molar-refractivity contribution in [1.29, 1.82) is 0 Å². The molecule has 1 aromatic carbocycles. The van der Waals surface area contributed by atoms with Gasteiger partial charge in [0, 0.05) is 5.92 Å². The summed E-state index contributed by atoms with van der Waals surface area (Å²) in [5.74, 6) is 0.573. The van der Waals surface area contributed by atoms with Gasteiger partial charge in [-0.05, 0) is 37.0 Å². The Balaban J connectivity index is 1.93. The summed E-state index contributed by atoms with van der Waals surface area (Å²) >= 11 is 0. The zero-order chi connectivity index (χ0) is 10.7. The first-order valence-corrected chi connectivity index (χ1v) is 5.65. The molecule has 0 aromatic heterocycles. The minimum absolute atomic E-state index is 0.146. The van der Waals surface area contributed by atoms with Crippen LogP contribution in [0, 0.1) is 18.8 Å². The largest absolute Gasteiger partial charge is 0.468 e. The molecule has 0 aliphatic carbocycles. The van der Waals surface area contributed by atoms with Gasteiger partial charge in [-0.1, -0.05) is 12.1 Å². The second kappa shape index (κ2) is 4.75. The highest BCUT2D eigenvalue weighted by molar-refractivity contribution is 5.16. The predicted molar refractivity (Wildman–Crippen MR) is 58.9 cm³/mol. The molecule has 82 valence electrons. The van der Waals surface area contributed by atoms with Crippen LogP contribution >= 0.6 is 0 Å². The molecule has 0 spiro atoms. The first-order valence-electron chi connectivity index (χ1n) is 5.65. The van der Waals surface area contributed by atoms with Crippen molar-refractivity contribution in [2.24, 2.45) is 5.92 Å². The number of hydrogen-bond acceptors (Lipinski definition) is 0. The Hall–Kier alpha value is -0.890. The topological polar surface area (TPSA) is 4.44 Å². The number of hydrogen-bond donors (Lipinski definition) is 1. The van der Waals surface area contributed by atoms with Crippen LogP contribution in [-0.4, -0.2) is 13.1 Å². The summed E-state index contributed by atoms with van der Waals surface area (Å²) in [5, 5.41) is 0. The van der Waals surface area contributed by atoms with Gasteiger partial charge in [0.15, 0.2) is 0 Å². The highest BCUT2D eigenvalue weighted by Gasteiger charge is 2.17. The summed E-state index contributed by atoms with van der Waals surface area (Å²) in [5.41, 5.74) is 1.25. The molecule has 2 heteroatoms. The summed E-state index contributed by atoms with van der Waals surface area (Å²) in [6.07, 6.45) is 3.63. The van der Waals surface area contributed by atoms with Crippen molar-refractivity contribution in [3.05, 3.63) is 42.7 Å². The van der Waals surface area contributed by atoms with Gasteiger partial charge < -0.3 is 4.90 Å². The van der Waals surface area contributed by atoms with Crippen molar-refractivity contribution < 1.29 is 9.29 Å². The lowest BCUT2D eigenvalue weighted by atomic mass is 9.91. The molecule has 1 aliphatic rings. The van der Waals surface area contributed by atoms with E-state index < -0.39 is 0 Å². The summed E-state index contributed by atoms with van der Waals surface area (Å²) < 4.78 is 12.7. The van der Waals surface area contributed by atoms with E-state index in [1.165, 1.54) is 29.8 Å². The van der Waals surface area contributed by atoms with Crippen LogP contribution in [-0.2, 0) is 6.42 Å². The van der Waals surface area contributed by atoms with E-state index in [9.17, 15) is 4.39 Å². The molecule has 1 nitrogen and oxygen atoms in total. The van der Waals surface area contributed by atoms with Crippen LogP contribution in [0.1, 0.15) is 18.4 Å². The number of nitrogens with one attached hydrogen (secondary N) is 1. The first kappa shape index (κ1) is 10.6. The molecule has 1 N–H and O–H groups in total. The average molecular weight is 207 g/mol. The fourth-order valence-electron chi connectivity index (χ4n) is 2.38. The Kier molecular flexibility index (Phi) is 3.37. The fraction of sp³-hybridized carbons (Fsp3) is 0.462. The van der Waals surface area contributed by atoms with Crippen LogP contribution in [0.3, 0.4) is 0 Å². The summed E-state index contributed by atoms with van der Waals surface area (Å²) in [7, 11) is 4.06. The van der Waals surface area contributed by atoms with E-state index >= 15 is 0 Å². The van der Waals surface area contributed by atoms with Gasteiger partial charge in [0.05, 0.1) is 13.1 Å². The SMILES string of the molecule is [CH2-][NH+]1CCCC(Cc2ccc(F)cc2)C1. The lowest BCUT2D eigenvalue weighted by molar-refractivity contribution is -0.863. The Morgan fingerprint density at radius 3 is 2.73 bits per heavy atom. The molecule has 1 saturated heterocycles. The molecule has 0 bridgehead atoms. The quantitative estimate of drug-likeness (QED) is 0.700. The molecule has 1 aliphatic heterocycles. The standard InChI is InChI=1S/C13H18FN/c1-15-8-2-3-12(10-15)9-11-4-6-13(14)7-5-11/h4-7,12,15H,1-3,8-10H2. The van der Waals surface area contributed by atoms with Crippen molar-refractivity contribution in [2.45, 2.75) is 19.3 Å². The molecular formula is C13H18FN. The van der Waals surface area contributed by atoms with Gasteiger partial charge in [-0.15, -0.1) is 0 Å². The molecule has 2 unspecified atom stereocenters. The maximum absolute atomic E-state index is 12.7. The molecule has 0 radical (unpaired) electrons. The zero-order valence-corrected chi connectivity index (χ0v) is 9.01. The minimum Gasteiger partial charge on any atom is -0.468 e. The van der Waals surface area contributed by atoms with Gasteiger partial charge in [-0.25, -0.2) is 4.39 Å². The van der Waals surface area contributed by atoms with Crippen LogP contribution in [0.15, 0.2) is 24.3 Å². The monoisotopic (exact) mass is 207 g/mol. The minimum atomic E-state index is -0.146. The van der Waals surface area contributed by atoms with Crippen molar-refractivity contribution >= 4 is 0 Å². The number of halogens is 1.